The third-order valence-electron chi connectivity index (χ3n) is 4.31. The summed E-state index contributed by atoms with van der Waals surface area (Å²) < 4.78 is 0.632. The Hall–Kier alpha value is -0.600. The zero-order valence-corrected chi connectivity index (χ0v) is 17.5. The summed E-state index contributed by atoms with van der Waals surface area (Å²) in [7, 11) is 0. The third kappa shape index (κ3) is 6.57. The highest BCUT2D eigenvalue weighted by Crippen LogP contribution is 2.40. The molecule has 0 bridgehead atoms. The van der Waals surface area contributed by atoms with E-state index in [1.165, 1.54) is 6.07 Å². The number of rotatable bonds is 7. The van der Waals surface area contributed by atoms with Gasteiger partial charge in [0.1, 0.15) is 0 Å². The summed E-state index contributed by atoms with van der Waals surface area (Å²) >= 11 is 3.34. The molecule has 9 heteroatoms. The van der Waals surface area contributed by atoms with Crippen molar-refractivity contribution in [1.82, 2.24) is 10.2 Å². The van der Waals surface area contributed by atoms with E-state index in [2.05, 4.69) is 33.1 Å². The molecular formula is C16H26BrCl2N3O3. The van der Waals surface area contributed by atoms with Crippen molar-refractivity contribution in [1.29, 1.82) is 0 Å². The summed E-state index contributed by atoms with van der Waals surface area (Å²) in [6, 6.07) is 3.19. The Morgan fingerprint density at radius 2 is 1.96 bits per heavy atom. The number of piperazine rings is 1. The average molecular weight is 459 g/mol. The van der Waals surface area contributed by atoms with Gasteiger partial charge in [0.25, 0.3) is 0 Å². The van der Waals surface area contributed by atoms with Crippen LogP contribution >= 0.6 is 40.7 Å². The van der Waals surface area contributed by atoms with Crippen molar-refractivity contribution < 1.29 is 10.0 Å². The van der Waals surface area contributed by atoms with Crippen LogP contribution in [0.4, 0.5) is 5.69 Å². The van der Waals surface area contributed by atoms with Gasteiger partial charge in [-0.15, -0.1) is 24.8 Å². The summed E-state index contributed by atoms with van der Waals surface area (Å²) in [5.41, 5.74) is 0.425. The van der Waals surface area contributed by atoms with Gasteiger partial charge < -0.3 is 10.4 Å². The minimum absolute atomic E-state index is 0. The molecule has 1 fully saturated rings. The van der Waals surface area contributed by atoms with Crippen LogP contribution in [0.25, 0.3) is 0 Å². The lowest BCUT2D eigenvalue weighted by atomic mass is 9.96. The first-order valence-corrected chi connectivity index (χ1v) is 8.95. The maximum absolute atomic E-state index is 11.2. The molecule has 0 radical (unpaired) electrons. The molecule has 1 aliphatic heterocycles. The van der Waals surface area contributed by atoms with Crippen LogP contribution in [-0.4, -0.2) is 41.1 Å². The van der Waals surface area contributed by atoms with Gasteiger partial charge in [-0.3, -0.25) is 15.0 Å². The number of hydrogen-bond acceptors (Lipinski definition) is 5. The Bertz CT molecular complexity index is 558. The molecule has 2 rings (SSSR count). The lowest BCUT2D eigenvalue weighted by Gasteiger charge is -2.35. The molecule has 25 heavy (non-hydrogen) atoms. The quantitative estimate of drug-likeness (QED) is 0.359. The van der Waals surface area contributed by atoms with Crippen LogP contribution in [0.1, 0.15) is 44.2 Å². The predicted octanol–water partition coefficient (Wildman–Crippen LogP) is 4.43. The zero-order chi connectivity index (χ0) is 16.8. The van der Waals surface area contributed by atoms with E-state index in [4.69, 9.17) is 0 Å². The Morgan fingerprint density at radius 3 is 2.52 bits per heavy atom. The highest BCUT2D eigenvalue weighted by molar-refractivity contribution is 9.10. The third-order valence-corrected chi connectivity index (χ3v) is 4.77. The second-order valence-corrected chi connectivity index (χ2v) is 6.83. The van der Waals surface area contributed by atoms with E-state index in [1.54, 1.807) is 0 Å². The van der Waals surface area contributed by atoms with Gasteiger partial charge in [0.05, 0.1) is 4.92 Å². The second-order valence-electron chi connectivity index (χ2n) is 5.92. The monoisotopic (exact) mass is 457 g/mol. The number of nitro groups is 1. The second kappa shape index (κ2) is 11.9. The van der Waals surface area contributed by atoms with Gasteiger partial charge in [-0.05, 0) is 12.5 Å². The van der Waals surface area contributed by atoms with Gasteiger partial charge in [0.15, 0.2) is 5.75 Å². The van der Waals surface area contributed by atoms with Crippen LogP contribution in [0.5, 0.6) is 5.75 Å². The number of nitrogens with one attached hydrogen (secondary N) is 1. The fraction of sp³-hybridized carbons (Fsp3) is 0.625. The number of phenols is 1. The number of aromatic hydroxyl groups is 1. The van der Waals surface area contributed by atoms with E-state index in [-0.39, 0.29) is 42.3 Å². The van der Waals surface area contributed by atoms with Gasteiger partial charge in [-0.25, -0.2) is 0 Å². The number of halogens is 3. The molecule has 1 heterocycles. The van der Waals surface area contributed by atoms with Crippen molar-refractivity contribution in [2.75, 3.05) is 26.2 Å². The fourth-order valence-corrected chi connectivity index (χ4v) is 3.58. The summed E-state index contributed by atoms with van der Waals surface area (Å²) in [5, 5.41) is 24.9. The van der Waals surface area contributed by atoms with E-state index in [0.29, 0.717) is 10.0 Å². The highest BCUT2D eigenvalue weighted by Gasteiger charge is 2.28. The van der Waals surface area contributed by atoms with Crippen molar-refractivity contribution in [3.8, 4) is 5.75 Å². The lowest BCUT2D eigenvalue weighted by molar-refractivity contribution is -0.386. The van der Waals surface area contributed by atoms with E-state index in [9.17, 15) is 15.2 Å². The largest absolute Gasteiger partial charge is 0.502 e. The zero-order valence-electron chi connectivity index (χ0n) is 14.2. The van der Waals surface area contributed by atoms with Crippen LogP contribution < -0.4 is 5.32 Å². The molecule has 144 valence electrons. The molecule has 1 aliphatic rings. The first-order chi connectivity index (χ1) is 11.0. The normalized spacial score (nSPS) is 15.8. The van der Waals surface area contributed by atoms with E-state index < -0.39 is 4.92 Å². The van der Waals surface area contributed by atoms with Gasteiger partial charge in [0, 0.05) is 48.3 Å². The maximum Gasteiger partial charge on any atom is 0.312 e. The Labute approximate surface area is 169 Å². The van der Waals surface area contributed by atoms with Crippen molar-refractivity contribution in [2.24, 2.45) is 0 Å². The molecule has 0 aromatic heterocycles. The molecule has 1 saturated heterocycles. The van der Waals surface area contributed by atoms with Gasteiger partial charge in [-0.2, -0.15) is 0 Å². The topological polar surface area (TPSA) is 78.6 Å². The van der Waals surface area contributed by atoms with Crippen LogP contribution in [0, 0.1) is 10.1 Å². The number of benzene rings is 1. The molecule has 1 aromatic carbocycles. The van der Waals surface area contributed by atoms with Gasteiger partial charge in [-0.1, -0.05) is 42.1 Å². The number of phenolic OH excluding ortho intramolecular Hbond substituents is 1. The molecule has 0 amide bonds. The van der Waals surface area contributed by atoms with Gasteiger partial charge in [0.2, 0.25) is 0 Å². The summed E-state index contributed by atoms with van der Waals surface area (Å²) in [5.74, 6) is -0.196. The SMILES string of the molecule is CCCCC[C@@H](c1cc(Br)cc([N+](=O)[O-])c1O)N1CCNCC1.Cl.Cl. The van der Waals surface area contributed by atoms with E-state index >= 15 is 0 Å². The predicted molar refractivity (Wildman–Crippen MR) is 108 cm³/mol. The molecule has 1 atom stereocenters. The molecule has 1 aromatic rings. The molecule has 0 spiro atoms. The first-order valence-electron chi connectivity index (χ1n) is 8.16. The maximum atomic E-state index is 11.2. The van der Waals surface area contributed by atoms with Crippen molar-refractivity contribution in [3.05, 3.63) is 32.3 Å². The Balaban J connectivity index is 0.00000288. The van der Waals surface area contributed by atoms with Crippen molar-refractivity contribution >= 4 is 46.4 Å². The minimum Gasteiger partial charge on any atom is -0.502 e. The molecule has 6 nitrogen and oxygen atoms in total. The van der Waals surface area contributed by atoms with Crippen LogP contribution in [0.3, 0.4) is 0 Å². The standard InChI is InChI=1S/C16H24BrN3O3.2ClH/c1-2-3-4-5-14(19-8-6-18-7-9-19)13-10-12(17)11-15(16(13)21)20(22)23;;/h10-11,14,18,21H,2-9H2,1H3;2*1H/t14-;;/m0../s1. The summed E-state index contributed by atoms with van der Waals surface area (Å²) in [6.45, 7) is 5.73. The average Bonchev–Trinajstić information content (AvgIpc) is 2.54. The number of unbranched alkanes of at least 4 members (excludes halogenated alkanes) is 2. The van der Waals surface area contributed by atoms with Crippen LogP contribution in [0.2, 0.25) is 0 Å². The summed E-state index contributed by atoms with van der Waals surface area (Å²) in [4.78, 5) is 13.0. The number of nitrogens with zero attached hydrogens (tertiary/aromatic N) is 2. The van der Waals surface area contributed by atoms with Crippen LogP contribution in [0.15, 0.2) is 16.6 Å². The van der Waals surface area contributed by atoms with Crippen LogP contribution in [-0.2, 0) is 0 Å². The Kier molecular flexibility index (Phi) is 11.6. The van der Waals surface area contributed by atoms with Crippen molar-refractivity contribution in [2.45, 2.75) is 38.6 Å². The summed E-state index contributed by atoms with van der Waals surface area (Å²) in [6.07, 6.45) is 4.19. The molecule has 2 N–H and O–H groups in total. The fourth-order valence-electron chi connectivity index (χ4n) is 3.11. The minimum atomic E-state index is -0.523. The van der Waals surface area contributed by atoms with E-state index in [0.717, 1.165) is 51.9 Å². The smallest absolute Gasteiger partial charge is 0.312 e. The molecule has 0 aliphatic carbocycles. The first kappa shape index (κ1) is 24.4. The van der Waals surface area contributed by atoms with Gasteiger partial charge >= 0.3 is 5.69 Å². The Morgan fingerprint density at radius 1 is 1.32 bits per heavy atom. The van der Waals surface area contributed by atoms with E-state index in [1.807, 2.05) is 6.07 Å². The van der Waals surface area contributed by atoms with Crippen molar-refractivity contribution in [3.63, 3.8) is 0 Å². The molecular weight excluding hydrogens is 433 g/mol. The molecule has 0 saturated carbocycles. The lowest BCUT2D eigenvalue weighted by Crippen LogP contribution is -2.45. The molecule has 0 unspecified atom stereocenters. The number of nitro benzene ring substituents is 1. The number of hydrogen-bond donors (Lipinski definition) is 2. The highest BCUT2D eigenvalue weighted by atomic mass is 79.9.